The molecule has 1 aliphatic carbocycles. The zero-order valence-electron chi connectivity index (χ0n) is 11.8. The molecule has 0 amide bonds. The molecule has 3 heteroatoms. The van der Waals surface area contributed by atoms with Crippen LogP contribution in [0.3, 0.4) is 0 Å². The standard InChI is InChI=1S/C16H22N2S/c1-13-10-15(7-6-14(13)11-17)18-12-16(19-2)8-4-3-5-9-16/h6-7,10,18H,3-5,8-9,12H2,1-2H3. The first-order chi connectivity index (χ1) is 9.19. The summed E-state index contributed by atoms with van der Waals surface area (Å²) in [5, 5.41) is 12.5. The van der Waals surface area contributed by atoms with Gasteiger partial charge in [-0.05, 0) is 49.8 Å². The van der Waals surface area contributed by atoms with Crippen LogP contribution in [0.1, 0.15) is 43.2 Å². The minimum absolute atomic E-state index is 0.403. The maximum atomic E-state index is 8.95. The summed E-state index contributed by atoms with van der Waals surface area (Å²) in [7, 11) is 0. The first kappa shape index (κ1) is 14.3. The zero-order valence-corrected chi connectivity index (χ0v) is 12.6. The number of aryl methyl sites for hydroxylation is 1. The number of nitrogens with zero attached hydrogens (tertiary/aromatic N) is 1. The Kier molecular flexibility index (Phi) is 4.76. The Balaban J connectivity index is 2.01. The second-order valence-corrected chi connectivity index (χ2v) is 6.72. The minimum atomic E-state index is 0.403. The highest BCUT2D eigenvalue weighted by atomic mass is 32.2. The number of thioether (sulfide) groups is 1. The lowest BCUT2D eigenvalue weighted by Crippen LogP contribution is -2.35. The number of nitrogens with one attached hydrogen (secondary N) is 1. The normalized spacial score (nSPS) is 17.7. The molecule has 0 saturated heterocycles. The Bertz CT molecular complexity index is 470. The second-order valence-electron chi connectivity index (χ2n) is 5.44. The van der Waals surface area contributed by atoms with Crippen molar-refractivity contribution in [3.8, 4) is 6.07 Å². The van der Waals surface area contributed by atoms with E-state index in [4.69, 9.17) is 5.26 Å². The molecule has 1 aromatic rings. The predicted octanol–water partition coefficient (Wildman–Crippen LogP) is 4.34. The molecular weight excluding hydrogens is 252 g/mol. The van der Waals surface area contributed by atoms with E-state index in [0.717, 1.165) is 23.4 Å². The van der Waals surface area contributed by atoms with Gasteiger partial charge >= 0.3 is 0 Å². The van der Waals surface area contributed by atoms with Crippen LogP contribution in [0.2, 0.25) is 0 Å². The van der Waals surface area contributed by atoms with Crippen molar-refractivity contribution in [1.82, 2.24) is 0 Å². The third kappa shape index (κ3) is 3.45. The Morgan fingerprint density at radius 1 is 1.32 bits per heavy atom. The first-order valence-corrected chi connectivity index (χ1v) is 8.21. The number of anilines is 1. The van der Waals surface area contributed by atoms with E-state index in [9.17, 15) is 0 Å². The molecule has 1 N–H and O–H groups in total. The van der Waals surface area contributed by atoms with Crippen LogP contribution < -0.4 is 5.32 Å². The van der Waals surface area contributed by atoms with E-state index in [1.165, 1.54) is 32.1 Å². The van der Waals surface area contributed by atoms with E-state index in [2.05, 4.69) is 23.7 Å². The summed E-state index contributed by atoms with van der Waals surface area (Å²) in [5.74, 6) is 0. The van der Waals surface area contributed by atoms with Crippen molar-refractivity contribution >= 4 is 17.4 Å². The largest absolute Gasteiger partial charge is 0.384 e. The number of hydrogen-bond acceptors (Lipinski definition) is 3. The Hall–Kier alpha value is -1.14. The molecule has 0 heterocycles. The van der Waals surface area contributed by atoms with E-state index in [1.807, 2.05) is 30.8 Å². The van der Waals surface area contributed by atoms with Crippen molar-refractivity contribution in [2.45, 2.75) is 43.8 Å². The van der Waals surface area contributed by atoms with Crippen LogP contribution in [0.5, 0.6) is 0 Å². The van der Waals surface area contributed by atoms with Crippen LogP contribution in [0, 0.1) is 18.3 Å². The van der Waals surface area contributed by atoms with Crippen LogP contribution >= 0.6 is 11.8 Å². The van der Waals surface area contributed by atoms with Crippen LogP contribution in [-0.4, -0.2) is 17.5 Å². The molecular formula is C16H22N2S. The van der Waals surface area contributed by atoms with Crippen molar-refractivity contribution < 1.29 is 0 Å². The summed E-state index contributed by atoms with van der Waals surface area (Å²) >= 11 is 2.01. The molecule has 102 valence electrons. The van der Waals surface area contributed by atoms with Crippen molar-refractivity contribution in [3.63, 3.8) is 0 Å². The van der Waals surface area contributed by atoms with Gasteiger partial charge in [-0.3, -0.25) is 0 Å². The van der Waals surface area contributed by atoms with Gasteiger partial charge in [-0.25, -0.2) is 0 Å². The monoisotopic (exact) mass is 274 g/mol. The molecule has 0 unspecified atom stereocenters. The van der Waals surface area contributed by atoms with Crippen molar-refractivity contribution in [2.24, 2.45) is 0 Å². The van der Waals surface area contributed by atoms with Gasteiger partial charge < -0.3 is 5.32 Å². The second kappa shape index (κ2) is 6.34. The average Bonchev–Trinajstić information content (AvgIpc) is 2.46. The lowest BCUT2D eigenvalue weighted by atomic mass is 9.88. The molecule has 1 aromatic carbocycles. The molecule has 0 radical (unpaired) electrons. The first-order valence-electron chi connectivity index (χ1n) is 6.99. The summed E-state index contributed by atoms with van der Waals surface area (Å²) < 4.78 is 0.403. The molecule has 1 saturated carbocycles. The number of nitriles is 1. The SMILES string of the molecule is CSC1(CNc2ccc(C#N)c(C)c2)CCCCC1. The quantitative estimate of drug-likeness (QED) is 0.887. The molecule has 2 rings (SSSR count). The molecule has 0 aromatic heterocycles. The minimum Gasteiger partial charge on any atom is -0.384 e. The van der Waals surface area contributed by atoms with Gasteiger partial charge in [0.15, 0.2) is 0 Å². The van der Waals surface area contributed by atoms with Crippen molar-refractivity contribution in [1.29, 1.82) is 5.26 Å². The van der Waals surface area contributed by atoms with Gasteiger partial charge in [-0.2, -0.15) is 17.0 Å². The highest BCUT2D eigenvalue weighted by Crippen LogP contribution is 2.38. The number of rotatable bonds is 4. The van der Waals surface area contributed by atoms with E-state index in [0.29, 0.717) is 4.75 Å². The maximum absolute atomic E-state index is 8.95. The van der Waals surface area contributed by atoms with Gasteiger partial charge in [0.25, 0.3) is 0 Å². The van der Waals surface area contributed by atoms with Crippen LogP contribution in [0.4, 0.5) is 5.69 Å². The Labute approximate surface area is 120 Å². The molecule has 19 heavy (non-hydrogen) atoms. The lowest BCUT2D eigenvalue weighted by molar-refractivity contribution is 0.411. The zero-order chi connectivity index (χ0) is 13.7. The molecule has 1 aliphatic rings. The Morgan fingerprint density at radius 2 is 2.05 bits per heavy atom. The Morgan fingerprint density at radius 3 is 2.63 bits per heavy atom. The third-order valence-corrected chi connectivity index (χ3v) is 5.58. The van der Waals surface area contributed by atoms with Gasteiger partial charge in [0.2, 0.25) is 0 Å². The molecule has 1 fully saturated rings. The maximum Gasteiger partial charge on any atom is 0.0994 e. The van der Waals surface area contributed by atoms with Gasteiger partial charge in [0.05, 0.1) is 11.6 Å². The van der Waals surface area contributed by atoms with E-state index in [1.54, 1.807) is 0 Å². The van der Waals surface area contributed by atoms with E-state index in [-0.39, 0.29) is 0 Å². The average molecular weight is 274 g/mol. The number of hydrogen-bond donors (Lipinski definition) is 1. The summed E-state index contributed by atoms with van der Waals surface area (Å²) in [6.07, 6.45) is 8.96. The van der Waals surface area contributed by atoms with Gasteiger partial charge in [-0.1, -0.05) is 19.3 Å². The van der Waals surface area contributed by atoms with Crippen molar-refractivity contribution in [2.75, 3.05) is 18.1 Å². The molecule has 0 bridgehead atoms. The predicted molar refractivity (Wildman–Crippen MR) is 83.7 cm³/mol. The molecule has 0 atom stereocenters. The summed E-state index contributed by atoms with van der Waals surface area (Å²) in [6, 6.07) is 8.22. The van der Waals surface area contributed by atoms with Gasteiger partial charge in [0.1, 0.15) is 0 Å². The van der Waals surface area contributed by atoms with Crippen molar-refractivity contribution in [3.05, 3.63) is 29.3 Å². The lowest BCUT2D eigenvalue weighted by Gasteiger charge is -2.36. The molecule has 0 aliphatic heterocycles. The summed E-state index contributed by atoms with van der Waals surface area (Å²) in [6.45, 7) is 3.02. The highest BCUT2D eigenvalue weighted by molar-refractivity contribution is 8.00. The topological polar surface area (TPSA) is 35.8 Å². The molecule has 2 nitrogen and oxygen atoms in total. The summed E-state index contributed by atoms with van der Waals surface area (Å²) in [4.78, 5) is 0. The van der Waals surface area contributed by atoms with Gasteiger partial charge in [0, 0.05) is 17.0 Å². The van der Waals surface area contributed by atoms with Crippen LogP contribution in [0.15, 0.2) is 18.2 Å². The smallest absolute Gasteiger partial charge is 0.0994 e. The highest BCUT2D eigenvalue weighted by Gasteiger charge is 2.30. The fraction of sp³-hybridized carbons (Fsp3) is 0.562. The fourth-order valence-electron chi connectivity index (χ4n) is 2.81. The van der Waals surface area contributed by atoms with E-state index < -0.39 is 0 Å². The third-order valence-electron chi connectivity index (χ3n) is 4.16. The van der Waals surface area contributed by atoms with Gasteiger partial charge in [-0.15, -0.1) is 0 Å². The van der Waals surface area contributed by atoms with Crippen LogP contribution in [0.25, 0.3) is 0 Å². The molecule has 0 spiro atoms. The fourth-order valence-corrected chi connectivity index (χ4v) is 3.72. The number of benzene rings is 1. The van der Waals surface area contributed by atoms with E-state index >= 15 is 0 Å². The van der Waals surface area contributed by atoms with Crippen LogP contribution in [-0.2, 0) is 0 Å². The summed E-state index contributed by atoms with van der Waals surface area (Å²) in [5.41, 5.74) is 2.95.